The van der Waals surface area contributed by atoms with Crippen LogP contribution in [0.2, 0.25) is 0 Å². The molecule has 128 valence electrons. The van der Waals surface area contributed by atoms with Gasteiger partial charge < -0.3 is 14.7 Å². The molecule has 2 aromatic carbocycles. The van der Waals surface area contributed by atoms with Gasteiger partial charge >= 0.3 is 7.60 Å². The van der Waals surface area contributed by atoms with Crippen LogP contribution in [0.15, 0.2) is 48.5 Å². The van der Waals surface area contributed by atoms with Gasteiger partial charge in [0.25, 0.3) is 0 Å². The van der Waals surface area contributed by atoms with Crippen molar-refractivity contribution in [1.82, 2.24) is 4.90 Å². The third kappa shape index (κ3) is 2.80. The molecule has 0 bridgehead atoms. The first-order valence-corrected chi connectivity index (χ1v) is 9.15. The molecule has 0 aromatic heterocycles. The van der Waals surface area contributed by atoms with Crippen molar-refractivity contribution in [3.63, 3.8) is 0 Å². The van der Waals surface area contributed by atoms with E-state index in [4.69, 9.17) is 0 Å². The molecular formula is C18H22NO4P. The highest BCUT2D eigenvalue weighted by molar-refractivity contribution is 7.54. The van der Waals surface area contributed by atoms with Gasteiger partial charge in [-0.3, -0.25) is 9.36 Å². The molecule has 0 atom stereocenters. The standard InChI is InChI=1S/C18H22NO4P/c1-13-9-5-7-11-15(13)18(24(21,22)23,17(20)19(3)4)16-12-8-6-10-14(16)2/h5-12H,1-4H3,(H2,21,22,23). The van der Waals surface area contributed by atoms with Crippen LogP contribution in [-0.4, -0.2) is 34.7 Å². The number of likely N-dealkylation sites (N-methyl/N-ethyl adjacent to an activating group) is 1. The monoisotopic (exact) mass is 347 g/mol. The van der Waals surface area contributed by atoms with E-state index >= 15 is 0 Å². The summed E-state index contributed by atoms with van der Waals surface area (Å²) in [6.07, 6.45) is 0. The first kappa shape index (κ1) is 18.4. The van der Waals surface area contributed by atoms with Gasteiger partial charge in [0.2, 0.25) is 11.1 Å². The van der Waals surface area contributed by atoms with E-state index in [1.165, 1.54) is 19.0 Å². The number of rotatable bonds is 4. The largest absolute Gasteiger partial charge is 0.349 e. The maximum atomic E-state index is 13.2. The van der Waals surface area contributed by atoms with Crippen molar-refractivity contribution < 1.29 is 19.1 Å². The third-order valence-corrected chi connectivity index (χ3v) is 5.77. The minimum atomic E-state index is -4.91. The lowest BCUT2D eigenvalue weighted by molar-refractivity contribution is -0.131. The van der Waals surface area contributed by atoms with E-state index in [1.807, 2.05) is 0 Å². The Kier molecular flexibility index (Phi) is 5.00. The summed E-state index contributed by atoms with van der Waals surface area (Å²) in [6.45, 7) is 3.50. The van der Waals surface area contributed by atoms with Crippen LogP contribution >= 0.6 is 7.60 Å². The van der Waals surface area contributed by atoms with E-state index < -0.39 is 18.7 Å². The zero-order valence-electron chi connectivity index (χ0n) is 14.2. The topological polar surface area (TPSA) is 77.8 Å². The Morgan fingerprint density at radius 3 is 1.58 bits per heavy atom. The van der Waals surface area contributed by atoms with Crippen molar-refractivity contribution in [3.8, 4) is 0 Å². The number of aryl methyl sites for hydroxylation is 2. The van der Waals surface area contributed by atoms with Gasteiger partial charge in [0, 0.05) is 14.1 Å². The Hall–Kier alpha value is -1.94. The van der Waals surface area contributed by atoms with Crippen molar-refractivity contribution in [2.24, 2.45) is 0 Å². The van der Waals surface area contributed by atoms with E-state index in [2.05, 4.69) is 0 Å². The average Bonchev–Trinajstić information content (AvgIpc) is 2.49. The second-order valence-electron chi connectivity index (χ2n) is 6.08. The molecule has 2 N–H and O–H groups in total. The number of carbonyl (C=O) groups is 1. The van der Waals surface area contributed by atoms with Crippen LogP contribution in [0, 0.1) is 13.8 Å². The predicted molar refractivity (Wildman–Crippen MR) is 93.9 cm³/mol. The minimum absolute atomic E-state index is 0.325. The predicted octanol–water partition coefficient (Wildman–Crippen LogP) is 2.81. The van der Waals surface area contributed by atoms with E-state index in [9.17, 15) is 19.1 Å². The number of carbonyl (C=O) groups excluding carboxylic acids is 1. The van der Waals surface area contributed by atoms with Crippen LogP contribution in [0.25, 0.3) is 0 Å². The van der Waals surface area contributed by atoms with Gasteiger partial charge in [-0.2, -0.15) is 0 Å². The Bertz CT molecular complexity index is 765. The normalized spacial score (nSPS) is 12.1. The summed E-state index contributed by atoms with van der Waals surface area (Å²) < 4.78 is 12.8. The summed E-state index contributed by atoms with van der Waals surface area (Å²) in [4.78, 5) is 35.1. The van der Waals surface area contributed by atoms with Gasteiger partial charge in [-0.1, -0.05) is 48.5 Å². The SMILES string of the molecule is Cc1ccccc1C(C(=O)N(C)C)(c1ccccc1C)P(=O)(O)O. The Morgan fingerprint density at radius 1 is 0.917 bits per heavy atom. The van der Waals surface area contributed by atoms with Gasteiger partial charge in [0.15, 0.2) is 0 Å². The highest BCUT2D eigenvalue weighted by atomic mass is 31.2. The Balaban J connectivity index is 3.03. The zero-order chi connectivity index (χ0) is 18.1. The van der Waals surface area contributed by atoms with Gasteiger partial charge in [-0.15, -0.1) is 0 Å². The van der Waals surface area contributed by atoms with Gasteiger partial charge in [-0.05, 0) is 36.1 Å². The van der Waals surface area contributed by atoms with Crippen LogP contribution in [0.1, 0.15) is 22.3 Å². The molecule has 24 heavy (non-hydrogen) atoms. The quantitative estimate of drug-likeness (QED) is 0.834. The fraction of sp³-hybridized carbons (Fsp3) is 0.278. The second-order valence-corrected chi connectivity index (χ2v) is 7.84. The molecular weight excluding hydrogens is 325 g/mol. The van der Waals surface area contributed by atoms with Crippen molar-refractivity contribution in [1.29, 1.82) is 0 Å². The number of hydrogen-bond donors (Lipinski definition) is 2. The van der Waals surface area contributed by atoms with Crippen LogP contribution in [0.4, 0.5) is 0 Å². The molecule has 2 rings (SSSR count). The van der Waals surface area contributed by atoms with E-state index in [1.54, 1.807) is 62.4 Å². The molecule has 0 saturated carbocycles. The number of benzene rings is 2. The highest BCUT2D eigenvalue weighted by Gasteiger charge is 2.58. The summed E-state index contributed by atoms with van der Waals surface area (Å²) in [6, 6.07) is 13.7. The zero-order valence-corrected chi connectivity index (χ0v) is 15.1. The van der Waals surface area contributed by atoms with E-state index in [-0.39, 0.29) is 0 Å². The highest BCUT2D eigenvalue weighted by Crippen LogP contribution is 2.62. The van der Waals surface area contributed by atoms with Gasteiger partial charge in [0.05, 0.1) is 0 Å². The van der Waals surface area contributed by atoms with Crippen molar-refractivity contribution in [2.45, 2.75) is 19.0 Å². The molecule has 0 spiro atoms. The maximum absolute atomic E-state index is 13.2. The number of hydrogen-bond acceptors (Lipinski definition) is 2. The summed E-state index contributed by atoms with van der Waals surface area (Å²) >= 11 is 0. The number of amides is 1. The van der Waals surface area contributed by atoms with Crippen molar-refractivity contribution in [2.75, 3.05) is 14.1 Å². The van der Waals surface area contributed by atoms with Crippen molar-refractivity contribution >= 4 is 13.5 Å². The molecule has 1 amide bonds. The lowest BCUT2D eigenvalue weighted by Crippen LogP contribution is -2.45. The molecule has 0 fully saturated rings. The summed E-state index contributed by atoms with van der Waals surface area (Å²) in [5.74, 6) is -0.639. The van der Waals surface area contributed by atoms with Crippen LogP contribution in [-0.2, 0) is 14.5 Å². The first-order valence-electron chi connectivity index (χ1n) is 7.53. The number of nitrogens with zero attached hydrogens (tertiary/aromatic N) is 1. The van der Waals surface area contributed by atoms with Crippen LogP contribution in [0.5, 0.6) is 0 Å². The second kappa shape index (κ2) is 6.52. The lowest BCUT2D eigenvalue weighted by Gasteiger charge is -2.37. The Morgan fingerprint density at radius 2 is 1.29 bits per heavy atom. The van der Waals surface area contributed by atoms with Crippen LogP contribution in [0.3, 0.4) is 0 Å². The molecule has 6 heteroatoms. The fourth-order valence-electron chi connectivity index (χ4n) is 3.10. The molecule has 5 nitrogen and oxygen atoms in total. The summed E-state index contributed by atoms with van der Waals surface area (Å²) in [5.41, 5.74) is 1.95. The molecule has 0 aliphatic heterocycles. The molecule has 2 aromatic rings. The molecule has 0 radical (unpaired) electrons. The average molecular weight is 347 g/mol. The molecule has 0 aliphatic carbocycles. The van der Waals surface area contributed by atoms with Gasteiger partial charge in [-0.25, -0.2) is 0 Å². The Labute approximate surface area is 142 Å². The fourth-order valence-corrected chi connectivity index (χ4v) is 4.67. The van der Waals surface area contributed by atoms with Crippen molar-refractivity contribution in [3.05, 3.63) is 70.8 Å². The smallest absolute Gasteiger partial charge is 0.347 e. The maximum Gasteiger partial charge on any atom is 0.349 e. The summed E-state index contributed by atoms with van der Waals surface area (Å²) in [5, 5.41) is -2.06. The molecule has 0 unspecified atom stereocenters. The molecule has 0 saturated heterocycles. The molecule has 0 aliphatic rings. The summed E-state index contributed by atoms with van der Waals surface area (Å²) in [7, 11) is -1.90. The van der Waals surface area contributed by atoms with E-state index in [0.717, 1.165) is 0 Å². The third-order valence-electron chi connectivity index (χ3n) is 4.22. The van der Waals surface area contributed by atoms with Crippen LogP contribution < -0.4 is 0 Å². The minimum Gasteiger partial charge on any atom is -0.347 e. The van der Waals surface area contributed by atoms with Gasteiger partial charge in [0.1, 0.15) is 0 Å². The van der Waals surface area contributed by atoms with E-state index in [0.29, 0.717) is 22.3 Å². The first-order chi connectivity index (χ1) is 11.1. The lowest BCUT2D eigenvalue weighted by atomic mass is 9.84. The molecule has 0 heterocycles.